The van der Waals surface area contributed by atoms with Crippen LogP contribution >= 0.6 is 0 Å². The summed E-state index contributed by atoms with van der Waals surface area (Å²) in [5, 5.41) is 0. The fourth-order valence-corrected chi connectivity index (χ4v) is 1.80. The average molecular weight is 246 g/mol. The number of fused-ring (bicyclic) bond motifs is 1. The maximum absolute atomic E-state index is 13.0. The highest BCUT2D eigenvalue weighted by molar-refractivity contribution is 5.72. The smallest absolute Gasteiger partial charge is 0.212 e. The highest BCUT2D eigenvalue weighted by Gasteiger charge is 2.15. The fourth-order valence-electron chi connectivity index (χ4n) is 1.80. The molecule has 3 N–H and O–H groups in total. The molecule has 1 aromatic carbocycles. The Balaban J connectivity index is 1.89. The Morgan fingerprint density at radius 3 is 3.11 bits per heavy atom. The van der Waals surface area contributed by atoms with E-state index in [-0.39, 0.29) is 11.9 Å². The predicted molar refractivity (Wildman–Crippen MR) is 63.2 cm³/mol. The summed E-state index contributed by atoms with van der Waals surface area (Å²) in [4.78, 5) is 11.1. The van der Waals surface area contributed by atoms with E-state index in [0.717, 1.165) is 5.69 Å². The van der Waals surface area contributed by atoms with Crippen LogP contribution in [0.15, 0.2) is 35.1 Å². The average Bonchev–Trinajstić information content (AvgIpc) is 2.96. The lowest BCUT2D eigenvalue weighted by atomic mass is 10.2. The van der Waals surface area contributed by atoms with Crippen LogP contribution in [0.4, 0.5) is 4.39 Å². The van der Waals surface area contributed by atoms with Crippen molar-refractivity contribution < 1.29 is 8.81 Å². The molecule has 5 nitrogen and oxygen atoms in total. The Bertz CT molecular complexity index is 662. The predicted octanol–water partition coefficient (Wildman–Crippen LogP) is 1.93. The zero-order valence-electron chi connectivity index (χ0n) is 9.43. The van der Waals surface area contributed by atoms with Gasteiger partial charge in [0.2, 0.25) is 5.89 Å². The van der Waals surface area contributed by atoms with Crippen molar-refractivity contribution in [2.75, 3.05) is 0 Å². The molecule has 0 fully saturated rings. The standard InChI is InChI=1S/C12H11FN4O/c13-7-1-2-11-10(3-7)17-12(18-11)9(14)4-8-5-15-6-16-8/h1-3,5-6,9H,4,14H2,(H,15,16). The molecule has 18 heavy (non-hydrogen) atoms. The van der Waals surface area contributed by atoms with Crippen LogP contribution < -0.4 is 5.73 Å². The van der Waals surface area contributed by atoms with Gasteiger partial charge in [-0.2, -0.15) is 0 Å². The number of benzene rings is 1. The Hall–Kier alpha value is -2.21. The Kier molecular flexibility index (Phi) is 2.56. The lowest BCUT2D eigenvalue weighted by Gasteiger charge is -2.04. The fraction of sp³-hybridized carbons (Fsp3) is 0.167. The number of aromatic amines is 1. The molecule has 0 saturated carbocycles. The minimum absolute atomic E-state index is 0.343. The van der Waals surface area contributed by atoms with E-state index in [0.29, 0.717) is 23.4 Å². The summed E-state index contributed by atoms with van der Waals surface area (Å²) in [6, 6.07) is 3.81. The zero-order valence-corrected chi connectivity index (χ0v) is 9.43. The van der Waals surface area contributed by atoms with Gasteiger partial charge in [-0.1, -0.05) is 0 Å². The molecule has 0 radical (unpaired) electrons. The maximum atomic E-state index is 13.0. The molecule has 2 heterocycles. The largest absolute Gasteiger partial charge is 0.439 e. The SMILES string of the molecule is NC(Cc1cnc[nH]1)c1nc2cc(F)ccc2o1. The van der Waals surface area contributed by atoms with Crippen molar-refractivity contribution in [3.05, 3.63) is 48.1 Å². The third-order valence-electron chi connectivity index (χ3n) is 2.68. The minimum Gasteiger partial charge on any atom is -0.439 e. The third-order valence-corrected chi connectivity index (χ3v) is 2.68. The molecule has 0 saturated heterocycles. The van der Waals surface area contributed by atoms with Crippen molar-refractivity contribution in [3.63, 3.8) is 0 Å². The van der Waals surface area contributed by atoms with E-state index in [1.54, 1.807) is 18.6 Å². The van der Waals surface area contributed by atoms with Crippen molar-refractivity contribution in [2.45, 2.75) is 12.5 Å². The topological polar surface area (TPSA) is 80.7 Å². The molecule has 0 aliphatic heterocycles. The van der Waals surface area contributed by atoms with Gasteiger partial charge in [-0.15, -0.1) is 0 Å². The van der Waals surface area contributed by atoms with E-state index in [1.165, 1.54) is 12.1 Å². The molecule has 0 aliphatic carbocycles. The molecule has 92 valence electrons. The first kappa shape index (κ1) is 10.9. The molecule has 6 heteroatoms. The summed E-state index contributed by atoms with van der Waals surface area (Å²) >= 11 is 0. The number of imidazole rings is 1. The maximum Gasteiger partial charge on any atom is 0.212 e. The molecule has 0 aliphatic rings. The van der Waals surface area contributed by atoms with Gasteiger partial charge in [-0.25, -0.2) is 14.4 Å². The quantitative estimate of drug-likeness (QED) is 0.740. The van der Waals surface area contributed by atoms with Gasteiger partial charge in [-0.05, 0) is 12.1 Å². The van der Waals surface area contributed by atoms with Crippen molar-refractivity contribution in [2.24, 2.45) is 5.73 Å². The molecule has 2 aromatic heterocycles. The van der Waals surface area contributed by atoms with Crippen LogP contribution in [-0.2, 0) is 6.42 Å². The number of oxazole rings is 1. The van der Waals surface area contributed by atoms with E-state index >= 15 is 0 Å². The minimum atomic E-state index is -0.388. The molecule has 0 spiro atoms. The monoisotopic (exact) mass is 246 g/mol. The number of halogens is 1. The second-order valence-electron chi connectivity index (χ2n) is 4.05. The van der Waals surface area contributed by atoms with Crippen molar-refractivity contribution in [1.29, 1.82) is 0 Å². The number of aromatic nitrogens is 3. The van der Waals surface area contributed by atoms with E-state index in [4.69, 9.17) is 10.2 Å². The Labute approximate surface area is 102 Å². The van der Waals surface area contributed by atoms with Gasteiger partial charge in [0, 0.05) is 24.4 Å². The van der Waals surface area contributed by atoms with Gasteiger partial charge < -0.3 is 15.1 Å². The first-order valence-corrected chi connectivity index (χ1v) is 5.51. The second-order valence-corrected chi connectivity index (χ2v) is 4.05. The lowest BCUT2D eigenvalue weighted by Crippen LogP contribution is -2.13. The van der Waals surface area contributed by atoms with Gasteiger partial charge in [-0.3, -0.25) is 0 Å². The van der Waals surface area contributed by atoms with Crippen molar-refractivity contribution >= 4 is 11.1 Å². The number of hydrogen-bond acceptors (Lipinski definition) is 4. The molecule has 3 rings (SSSR count). The third kappa shape index (κ3) is 1.98. The molecular formula is C12H11FN4O. The van der Waals surface area contributed by atoms with Crippen LogP contribution in [0.25, 0.3) is 11.1 Å². The first-order valence-electron chi connectivity index (χ1n) is 5.51. The normalized spacial score (nSPS) is 13.0. The number of nitrogens with two attached hydrogens (primary N) is 1. The Morgan fingerprint density at radius 1 is 1.44 bits per heavy atom. The van der Waals surface area contributed by atoms with Crippen LogP contribution in [-0.4, -0.2) is 15.0 Å². The molecule has 0 bridgehead atoms. The van der Waals surface area contributed by atoms with E-state index < -0.39 is 0 Å². The van der Waals surface area contributed by atoms with Gasteiger partial charge in [0.1, 0.15) is 11.3 Å². The summed E-state index contributed by atoms with van der Waals surface area (Å²) in [5.41, 5.74) is 7.90. The van der Waals surface area contributed by atoms with Crippen LogP contribution in [0.1, 0.15) is 17.6 Å². The van der Waals surface area contributed by atoms with Crippen molar-refractivity contribution in [1.82, 2.24) is 15.0 Å². The van der Waals surface area contributed by atoms with Crippen molar-refractivity contribution in [3.8, 4) is 0 Å². The highest BCUT2D eigenvalue weighted by Crippen LogP contribution is 2.21. The van der Waals surface area contributed by atoms with Gasteiger partial charge in [0.05, 0.1) is 12.4 Å². The summed E-state index contributed by atoms with van der Waals surface area (Å²) in [6.07, 6.45) is 3.82. The second kappa shape index (κ2) is 4.23. The number of hydrogen-bond donors (Lipinski definition) is 2. The van der Waals surface area contributed by atoms with Gasteiger partial charge >= 0.3 is 0 Å². The summed E-state index contributed by atoms with van der Waals surface area (Å²) in [7, 11) is 0. The number of H-pyrrole nitrogens is 1. The summed E-state index contributed by atoms with van der Waals surface area (Å²) in [5.74, 6) is 0.0506. The molecule has 1 unspecified atom stereocenters. The molecular weight excluding hydrogens is 235 g/mol. The van der Waals surface area contributed by atoms with Crippen LogP contribution in [0.5, 0.6) is 0 Å². The van der Waals surface area contributed by atoms with E-state index in [9.17, 15) is 4.39 Å². The van der Waals surface area contributed by atoms with Gasteiger partial charge in [0.15, 0.2) is 5.58 Å². The molecule has 1 atom stereocenters. The first-order chi connectivity index (χ1) is 8.72. The van der Waals surface area contributed by atoms with Gasteiger partial charge in [0.25, 0.3) is 0 Å². The summed E-state index contributed by atoms with van der Waals surface area (Å²) < 4.78 is 18.5. The highest BCUT2D eigenvalue weighted by atomic mass is 19.1. The number of rotatable bonds is 3. The zero-order chi connectivity index (χ0) is 12.5. The lowest BCUT2D eigenvalue weighted by molar-refractivity contribution is 0.472. The molecule has 0 amide bonds. The van der Waals surface area contributed by atoms with E-state index in [2.05, 4.69) is 15.0 Å². The Morgan fingerprint density at radius 2 is 2.33 bits per heavy atom. The summed E-state index contributed by atoms with van der Waals surface area (Å²) in [6.45, 7) is 0. The van der Waals surface area contributed by atoms with Crippen LogP contribution in [0.3, 0.4) is 0 Å². The van der Waals surface area contributed by atoms with E-state index in [1.807, 2.05) is 0 Å². The number of nitrogens with zero attached hydrogens (tertiary/aromatic N) is 2. The molecule has 3 aromatic rings. The number of nitrogens with one attached hydrogen (secondary N) is 1. The van der Waals surface area contributed by atoms with Crippen LogP contribution in [0.2, 0.25) is 0 Å². The van der Waals surface area contributed by atoms with Crippen LogP contribution in [0, 0.1) is 5.82 Å².